The van der Waals surface area contributed by atoms with Crippen molar-refractivity contribution in [3.8, 4) is 23.0 Å². The van der Waals surface area contributed by atoms with Gasteiger partial charge in [-0.3, -0.25) is 9.59 Å². The number of nitrogens with one attached hydrogen (secondary N) is 2. The molecule has 8 nitrogen and oxygen atoms in total. The summed E-state index contributed by atoms with van der Waals surface area (Å²) in [6.07, 6.45) is 0.934. The third kappa shape index (κ3) is 5.50. The zero-order valence-corrected chi connectivity index (χ0v) is 23.9. The normalized spacial score (nSPS) is 18.3. The van der Waals surface area contributed by atoms with Crippen LogP contribution >= 0.6 is 0 Å². The number of carbonyl (C=O) groups excluding carboxylic acids is 2. The number of amides is 1. The van der Waals surface area contributed by atoms with Gasteiger partial charge in [-0.05, 0) is 78.9 Å². The molecule has 41 heavy (non-hydrogen) atoms. The lowest BCUT2D eigenvalue weighted by atomic mass is 9.71. The molecule has 2 aliphatic rings. The lowest BCUT2D eigenvalue weighted by Crippen LogP contribution is -2.37. The molecule has 0 radical (unpaired) electrons. The second-order valence-electron chi connectivity index (χ2n) is 10.1. The van der Waals surface area contributed by atoms with Gasteiger partial charge in [0.25, 0.3) is 5.91 Å². The fourth-order valence-electron chi connectivity index (χ4n) is 5.68. The number of ketones is 1. The fourth-order valence-corrected chi connectivity index (χ4v) is 5.68. The molecule has 212 valence electrons. The van der Waals surface area contributed by atoms with Crippen molar-refractivity contribution in [1.82, 2.24) is 5.32 Å². The quantitative estimate of drug-likeness (QED) is 0.368. The van der Waals surface area contributed by atoms with Gasteiger partial charge in [0.2, 0.25) is 0 Å². The molecule has 2 atom stereocenters. The summed E-state index contributed by atoms with van der Waals surface area (Å²) in [6, 6.07) is 20.5. The Morgan fingerprint density at radius 2 is 1.39 bits per heavy atom. The van der Waals surface area contributed by atoms with Crippen molar-refractivity contribution in [2.45, 2.75) is 31.6 Å². The minimum absolute atomic E-state index is 0.00148. The first-order chi connectivity index (χ1) is 19.9. The predicted molar refractivity (Wildman–Crippen MR) is 157 cm³/mol. The number of allylic oxidation sites excluding steroid dienone is 3. The van der Waals surface area contributed by atoms with E-state index < -0.39 is 5.92 Å². The molecule has 1 aliphatic heterocycles. The van der Waals surface area contributed by atoms with E-state index >= 15 is 0 Å². The van der Waals surface area contributed by atoms with Crippen LogP contribution in [-0.2, 0) is 9.59 Å². The number of hydrogen-bond acceptors (Lipinski definition) is 7. The van der Waals surface area contributed by atoms with Crippen molar-refractivity contribution < 1.29 is 28.5 Å². The van der Waals surface area contributed by atoms with Crippen LogP contribution in [0, 0.1) is 0 Å². The number of anilines is 1. The molecular weight excluding hydrogens is 520 g/mol. The Hall–Kier alpha value is -4.72. The van der Waals surface area contributed by atoms with Gasteiger partial charge >= 0.3 is 0 Å². The number of ether oxygens (including phenoxy) is 4. The van der Waals surface area contributed by atoms with E-state index in [1.807, 2.05) is 49.4 Å². The molecule has 0 bridgehead atoms. The summed E-state index contributed by atoms with van der Waals surface area (Å²) in [7, 11) is 6.40. The molecule has 0 spiro atoms. The van der Waals surface area contributed by atoms with Gasteiger partial charge in [-0.15, -0.1) is 0 Å². The van der Waals surface area contributed by atoms with Crippen LogP contribution < -0.4 is 29.6 Å². The van der Waals surface area contributed by atoms with Crippen LogP contribution in [0.5, 0.6) is 23.0 Å². The van der Waals surface area contributed by atoms with E-state index in [1.54, 1.807) is 52.7 Å². The van der Waals surface area contributed by atoms with Crippen molar-refractivity contribution >= 4 is 17.4 Å². The van der Waals surface area contributed by atoms with Crippen LogP contribution in [0.15, 0.2) is 89.3 Å². The first-order valence-corrected chi connectivity index (χ1v) is 13.4. The van der Waals surface area contributed by atoms with Crippen LogP contribution in [0.4, 0.5) is 5.69 Å². The summed E-state index contributed by atoms with van der Waals surface area (Å²) in [5.74, 6) is 1.80. The molecule has 1 heterocycles. The maximum absolute atomic E-state index is 14.0. The zero-order chi connectivity index (χ0) is 29.1. The van der Waals surface area contributed by atoms with E-state index in [-0.39, 0.29) is 17.6 Å². The predicted octanol–water partition coefficient (Wildman–Crippen LogP) is 5.72. The van der Waals surface area contributed by atoms with Gasteiger partial charge in [-0.25, -0.2) is 0 Å². The number of dihydropyridines is 1. The third-order valence-corrected chi connectivity index (χ3v) is 7.75. The lowest BCUT2D eigenvalue weighted by molar-refractivity contribution is -0.116. The molecule has 0 fully saturated rings. The second kappa shape index (κ2) is 11.8. The van der Waals surface area contributed by atoms with E-state index in [0.717, 1.165) is 16.8 Å². The highest BCUT2D eigenvalue weighted by Crippen LogP contribution is 2.46. The summed E-state index contributed by atoms with van der Waals surface area (Å²) >= 11 is 0. The highest BCUT2D eigenvalue weighted by atomic mass is 16.5. The molecule has 0 aromatic heterocycles. The Balaban J connectivity index is 1.53. The van der Waals surface area contributed by atoms with Crippen LogP contribution in [0.25, 0.3) is 0 Å². The smallest absolute Gasteiger partial charge is 0.254 e. The Morgan fingerprint density at radius 3 is 2.00 bits per heavy atom. The van der Waals surface area contributed by atoms with E-state index in [9.17, 15) is 9.59 Å². The Kier molecular flexibility index (Phi) is 8.01. The molecule has 2 unspecified atom stereocenters. The van der Waals surface area contributed by atoms with Crippen molar-refractivity contribution in [1.29, 1.82) is 0 Å². The highest BCUT2D eigenvalue weighted by Gasteiger charge is 2.41. The molecule has 0 saturated carbocycles. The van der Waals surface area contributed by atoms with Gasteiger partial charge < -0.3 is 29.6 Å². The van der Waals surface area contributed by atoms with Crippen LogP contribution in [-0.4, -0.2) is 40.1 Å². The number of hydrogen-bond donors (Lipinski definition) is 2. The molecule has 8 heteroatoms. The monoisotopic (exact) mass is 554 g/mol. The summed E-state index contributed by atoms with van der Waals surface area (Å²) < 4.78 is 21.5. The topological polar surface area (TPSA) is 95.1 Å². The largest absolute Gasteiger partial charge is 0.497 e. The average Bonchev–Trinajstić information content (AvgIpc) is 3.00. The van der Waals surface area contributed by atoms with Gasteiger partial charge in [0.1, 0.15) is 11.5 Å². The minimum Gasteiger partial charge on any atom is -0.497 e. The Labute approximate surface area is 240 Å². The summed E-state index contributed by atoms with van der Waals surface area (Å²) in [5, 5.41) is 6.44. The standard InChI is InChI=1S/C33H34N2O6/c1-19-30(33(37)35-23-9-13-25(39-3)14-10-23)31(20-6-11-24(38-2)12-7-20)32-26(34-19)16-22(17-27(32)36)21-8-15-28(40-4)29(18-21)41-5/h6-15,18,22,31,34H,16-17H2,1-5H3,(H,35,37). The molecule has 1 aliphatic carbocycles. The minimum atomic E-state index is -0.533. The van der Waals surface area contributed by atoms with E-state index in [1.165, 1.54) is 0 Å². The van der Waals surface area contributed by atoms with Gasteiger partial charge in [-0.1, -0.05) is 18.2 Å². The first-order valence-electron chi connectivity index (χ1n) is 13.4. The van der Waals surface area contributed by atoms with Crippen molar-refractivity contribution in [2.24, 2.45) is 0 Å². The maximum Gasteiger partial charge on any atom is 0.254 e. The molecular formula is C33H34N2O6. The molecule has 2 N–H and O–H groups in total. The number of methoxy groups -OCH3 is 4. The van der Waals surface area contributed by atoms with Crippen LogP contribution in [0.2, 0.25) is 0 Å². The molecule has 5 rings (SSSR count). The fraction of sp³-hybridized carbons (Fsp3) is 0.273. The average molecular weight is 555 g/mol. The van der Waals surface area contributed by atoms with Crippen LogP contribution in [0.3, 0.4) is 0 Å². The van der Waals surface area contributed by atoms with E-state index in [0.29, 0.717) is 58.4 Å². The van der Waals surface area contributed by atoms with Crippen LogP contribution in [0.1, 0.15) is 42.7 Å². The molecule has 1 amide bonds. The van der Waals surface area contributed by atoms with Crippen molar-refractivity contribution in [3.05, 3.63) is 100 Å². The third-order valence-electron chi connectivity index (χ3n) is 7.75. The molecule has 0 saturated heterocycles. The second-order valence-corrected chi connectivity index (χ2v) is 10.1. The summed E-state index contributed by atoms with van der Waals surface area (Å²) in [6.45, 7) is 1.88. The Morgan fingerprint density at radius 1 is 0.780 bits per heavy atom. The SMILES string of the molecule is COc1ccc(NC(=O)C2=C(C)NC3=C(C(=O)CC(c4ccc(OC)c(OC)c4)C3)C2c2ccc(OC)cc2)cc1. The summed E-state index contributed by atoms with van der Waals surface area (Å²) in [5.41, 5.74) is 5.14. The van der Waals surface area contributed by atoms with Gasteiger partial charge in [0.15, 0.2) is 17.3 Å². The lowest BCUT2D eigenvalue weighted by Gasteiger charge is -2.37. The number of rotatable bonds is 8. The van der Waals surface area contributed by atoms with Crippen molar-refractivity contribution in [3.63, 3.8) is 0 Å². The Bertz CT molecular complexity index is 1520. The molecule has 3 aromatic rings. The maximum atomic E-state index is 14.0. The number of carbonyl (C=O) groups is 2. The van der Waals surface area contributed by atoms with Gasteiger partial charge in [-0.2, -0.15) is 0 Å². The summed E-state index contributed by atoms with van der Waals surface area (Å²) in [4.78, 5) is 27.8. The van der Waals surface area contributed by atoms with Crippen molar-refractivity contribution in [2.75, 3.05) is 33.8 Å². The number of benzene rings is 3. The highest BCUT2D eigenvalue weighted by molar-refractivity contribution is 6.10. The number of Topliss-reactive ketones (excluding diaryl/α,β-unsaturated/α-hetero) is 1. The molecule has 3 aromatic carbocycles. The zero-order valence-electron chi connectivity index (χ0n) is 23.9. The van der Waals surface area contributed by atoms with E-state index in [2.05, 4.69) is 10.6 Å². The van der Waals surface area contributed by atoms with E-state index in [4.69, 9.17) is 18.9 Å². The van der Waals surface area contributed by atoms with Gasteiger partial charge in [0.05, 0.1) is 28.4 Å². The first kappa shape index (κ1) is 27.8. The van der Waals surface area contributed by atoms with Gasteiger partial charge in [0, 0.05) is 40.6 Å².